The first kappa shape index (κ1) is 14.6. The maximum absolute atomic E-state index is 12.6. The van der Waals surface area contributed by atoms with Gasteiger partial charge >= 0.3 is 11.7 Å². The fourth-order valence-corrected chi connectivity index (χ4v) is 3.20. The Morgan fingerprint density at radius 2 is 1.91 bits per heavy atom. The molecular weight excluding hydrogens is 284 g/mol. The van der Waals surface area contributed by atoms with Gasteiger partial charge in [0.2, 0.25) is 0 Å². The van der Waals surface area contributed by atoms with E-state index < -0.39 is 11.7 Å². The number of aromatic amines is 1. The van der Waals surface area contributed by atoms with Gasteiger partial charge in [-0.1, -0.05) is 6.92 Å². The lowest BCUT2D eigenvalue weighted by molar-refractivity contribution is 0.0697. The zero-order chi connectivity index (χ0) is 15.9. The van der Waals surface area contributed by atoms with Gasteiger partial charge in [0.05, 0.1) is 16.5 Å². The average molecular weight is 302 g/mol. The standard InChI is InChI=1S/C16H18N2O4/c1-9-2-5-11(6-3-9)18-14(19)12-7-4-10(15(20)21)8-13(12)17-16(18)22/h4,7-9,11H,2-3,5-6H2,1H3,(H,17,22)(H,20,21). The molecule has 2 N–H and O–H groups in total. The van der Waals surface area contributed by atoms with Gasteiger partial charge in [-0.05, 0) is 49.8 Å². The zero-order valence-electron chi connectivity index (χ0n) is 12.3. The van der Waals surface area contributed by atoms with Crippen LogP contribution in [0.25, 0.3) is 10.9 Å². The quantitative estimate of drug-likeness (QED) is 0.889. The predicted molar refractivity (Wildman–Crippen MR) is 82.5 cm³/mol. The van der Waals surface area contributed by atoms with E-state index in [1.807, 2.05) is 0 Å². The van der Waals surface area contributed by atoms with Crippen molar-refractivity contribution in [2.45, 2.75) is 38.6 Å². The minimum Gasteiger partial charge on any atom is -0.478 e. The number of fused-ring (bicyclic) bond motifs is 1. The van der Waals surface area contributed by atoms with E-state index in [1.54, 1.807) is 0 Å². The number of aromatic carboxylic acids is 1. The van der Waals surface area contributed by atoms with E-state index in [1.165, 1.54) is 22.8 Å². The Bertz CT molecular complexity index is 841. The second-order valence-corrected chi connectivity index (χ2v) is 6.08. The van der Waals surface area contributed by atoms with Crippen molar-refractivity contribution >= 4 is 16.9 Å². The summed E-state index contributed by atoms with van der Waals surface area (Å²) in [6.07, 6.45) is 3.66. The molecule has 1 aliphatic carbocycles. The van der Waals surface area contributed by atoms with Crippen molar-refractivity contribution in [2.24, 2.45) is 5.92 Å². The number of benzene rings is 1. The molecule has 6 heteroatoms. The molecule has 6 nitrogen and oxygen atoms in total. The summed E-state index contributed by atoms with van der Waals surface area (Å²) in [6.45, 7) is 2.18. The number of rotatable bonds is 2. The van der Waals surface area contributed by atoms with Gasteiger partial charge < -0.3 is 10.1 Å². The normalized spacial score (nSPS) is 21.9. The van der Waals surface area contributed by atoms with Gasteiger partial charge in [0.15, 0.2) is 0 Å². The lowest BCUT2D eigenvalue weighted by atomic mass is 9.87. The summed E-state index contributed by atoms with van der Waals surface area (Å²) in [5, 5.41) is 9.34. The van der Waals surface area contributed by atoms with Crippen molar-refractivity contribution in [2.75, 3.05) is 0 Å². The number of carboxylic acids is 1. The summed E-state index contributed by atoms with van der Waals surface area (Å²) in [5.74, 6) is -0.460. The fourth-order valence-electron chi connectivity index (χ4n) is 3.20. The largest absolute Gasteiger partial charge is 0.478 e. The SMILES string of the molecule is CC1CCC(n2c(=O)[nH]c3cc(C(=O)O)ccc3c2=O)CC1. The van der Waals surface area contributed by atoms with E-state index in [2.05, 4.69) is 11.9 Å². The van der Waals surface area contributed by atoms with Crippen LogP contribution in [0.2, 0.25) is 0 Å². The highest BCUT2D eigenvalue weighted by molar-refractivity contribution is 5.92. The van der Waals surface area contributed by atoms with Crippen molar-refractivity contribution < 1.29 is 9.90 Å². The van der Waals surface area contributed by atoms with Gasteiger partial charge in [-0.3, -0.25) is 9.36 Å². The number of H-pyrrole nitrogens is 1. The lowest BCUT2D eigenvalue weighted by Crippen LogP contribution is -2.39. The minimum absolute atomic E-state index is 0.0480. The van der Waals surface area contributed by atoms with Crippen molar-refractivity contribution in [3.8, 4) is 0 Å². The average Bonchev–Trinajstić information content (AvgIpc) is 2.48. The Hall–Kier alpha value is -2.37. The van der Waals surface area contributed by atoms with Crippen molar-refractivity contribution in [1.82, 2.24) is 9.55 Å². The molecule has 22 heavy (non-hydrogen) atoms. The monoisotopic (exact) mass is 302 g/mol. The highest BCUT2D eigenvalue weighted by Gasteiger charge is 2.23. The molecule has 0 aliphatic heterocycles. The van der Waals surface area contributed by atoms with Crippen LogP contribution in [-0.4, -0.2) is 20.6 Å². The number of nitrogens with zero attached hydrogens (tertiary/aromatic N) is 1. The van der Waals surface area contributed by atoms with Crippen molar-refractivity contribution in [3.05, 3.63) is 44.6 Å². The third kappa shape index (κ3) is 2.45. The summed E-state index contributed by atoms with van der Waals surface area (Å²) < 4.78 is 1.30. The van der Waals surface area contributed by atoms with E-state index in [9.17, 15) is 14.4 Å². The fraction of sp³-hybridized carbons (Fsp3) is 0.438. The van der Waals surface area contributed by atoms with Gasteiger partial charge in [0, 0.05) is 6.04 Å². The van der Waals surface area contributed by atoms with Crippen LogP contribution in [0.15, 0.2) is 27.8 Å². The van der Waals surface area contributed by atoms with Gasteiger partial charge in [0.1, 0.15) is 0 Å². The van der Waals surface area contributed by atoms with Crippen LogP contribution in [0.3, 0.4) is 0 Å². The Labute approximate surface area is 126 Å². The number of nitrogens with one attached hydrogen (secondary N) is 1. The second kappa shape index (κ2) is 5.44. The summed E-state index contributed by atoms with van der Waals surface area (Å²) in [6, 6.07) is 4.11. The van der Waals surface area contributed by atoms with E-state index in [-0.39, 0.29) is 22.7 Å². The van der Waals surface area contributed by atoms with Crippen LogP contribution in [0.1, 0.15) is 49.0 Å². The molecule has 0 unspecified atom stereocenters. The van der Waals surface area contributed by atoms with Crippen LogP contribution in [0.5, 0.6) is 0 Å². The zero-order valence-corrected chi connectivity index (χ0v) is 12.3. The molecule has 116 valence electrons. The van der Waals surface area contributed by atoms with Crippen LogP contribution >= 0.6 is 0 Å². The number of aromatic nitrogens is 2. The Morgan fingerprint density at radius 3 is 2.55 bits per heavy atom. The topological polar surface area (TPSA) is 92.2 Å². The molecule has 1 saturated carbocycles. The molecule has 1 fully saturated rings. The van der Waals surface area contributed by atoms with Gasteiger partial charge in [0.25, 0.3) is 5.56 Å². The van der Waals surface area contributed by atoms with E-state index in [0.717, 1.165) is 25.7 Å². The van der Waals surface area contributed by atoms with Crippen LogP contribution in [0.4, 0.5) is 0 Å². The molecule has 0 bridgehead atoms. The summed E-state index contributed by atoms with van der Waals surface area (Å²) in [7, 11) is 0. The summed E-state index contributed by atoms with van der Waals surface area (Å²) in [5.41, 5.74) is -0.475. The Balaban J connectivity index is 2.13. The van der Waals surface area contributed by atoms with Gasteiger partial charge in [-0.2, -0.15) is 0 Å². The molecular formula is C16H18N2O4. The van der Waals surface area contributed by atoms with E-state index >= 15 is 0 Å². The molecule has 2 aromatic rings. The molecule has 0 spiro atoms. The Kier molecular flexibility index (Phi) is 3.60. The number of carboxylic acid groups (broad SMARTS) is 1. The van der Waals surface area contributed by atoms with Gasteiger partial charge in [-0.15, -0.1) is 0 Å². The molecule has 1 aliphatic rings. The second-order valence-electron chi connectivity index (χ2n) is 6.08. The molecule has 1 aromatic carbocycles. The highest BCUT2D eigenvalue weighted by Crippen LogP contribution is 2.30. The maximum Gasteiger partial charge on any atom is 0.335 e. The first-order chi connectivity index (χ1) is 10.5. The molecule has 0 amide bonds. The first-order valence-corrected chi connectivity index (χ1v) is 7.49. The molecule has 0 atom stereocenters. The summed E-state index contributed by atoms with van der Waals surface area (Å²) in [4.78, 5) is 38.5. The minimum atomic E-state index is -1.09. The third-order valence-electron chi connectivity index (χ3n) is 4.53. The predicted octanol–water partition coefficient (Wildman–Crippen LogP) is 2.14. The molecule has 1 aromatic heterocycles. The smallest absolute Gasteiger partial charge is 0.335 e. The van der Waals surface area contributed by atoms with E-state index in [0.29, 0.717) is 11.3 Å². The third-order valence-corrected chi connectivity index (χ3v) is 4.53. The number of hydrogen-bond donors (Lipinski definition) is 2. The van der Waals surface area contributed by atoms with Gasteiger partial charge in [-0.25, -0.2) is 9.59 Å². The first-order valence-electron chi connectivity index (χ1n) is 7.49. The van der Waals surface area contributed by atoms with Crippen molar-refractivity contribution in [1.29, 1.82) is 0 Å². The van der Waals surface area contributed by atoms with Crippen LogP contribution in [0, 0.1) is 5.92 Å². The maximum atomic E-state index is 12.6. The molecule has 3 rings (SSSR count). The van der Waals surface area contributed by atoms with E-state index in [4.69, 9.17) is 5.11 Å². The van der Waals surface area contributed by atoms with Crippen LogP contribution < -0.4 is 11.2 Å². The highest BCUT2D eigenvalue weighted by atomic mass is 16.4. The number of carbonyl (C=O) groups is 1. The number of hydrogen-bond acceptors (Lipinski definition) is 3. The molecule has 0 radical (unpaired) electrons. The molecule has 0 saturated heterocycles. The van der Waals surface area contributed by atoms with Crippen LogP contribution in [-0.2, 0) is 0 Å². The lowest BCUT2D eigenvalue weighted by Gasteiger charge is -2.27. The molecule has 1 heterocycles. The van der Waals surface area contributed by atoms with Crippen molar-refractivity contribution in [3.63, 3.8) is 0 Å². The summed E-state index contributed by atoms with van der Waals surface area (Å²) >= 11 is 0. The Morgan fingerprint density at radius 1 is 1.23 bits per heavy atom.